The number of carbonyl (C=O) groups excluding carboxylic acids is 3. The quantitative estimate of drug-likeness (QED) is 0.293. The summed E-state index contributed by atoms with van der Waals surface area (Å²) in [6.45, 7) is 3.83. The van der Waals surface area contributed by atoms with Crippen molar-refractivity contribution in [3.8, 4) is 11.5 Å². The van der Waals surface area contributed by atoms with Crippen LogP contribution in [-0.4, -0.2) is 47.8 Å². The first kappa shape index (κ1) is 26.5. The summed E-state index contributed by atoms with van der Waals surface area (Å²) in [7, 11) is 0. The molecule has 3 heterocycles. The molecule has 0 bridgehead atoms. The van der Waals surface area contributed by atoms with Crippen LogP contribution in [0.4, 0.5) is 5.69 Å². The van der Waals surface area contributed by atoms with Crippen LogP contribution >= 0.6 is 39.0 Å². The first-order chi connectivity index (χ1) is 18.3. The fourth-order valence-electron chi connectivity index (χ4n) is 4.67. The average Bonchev–Trinajstić information content (AvgIpc) is 3.38. The van der Waals surface area contributed by atoms with E-state index in [1.807, 2.05) is 6.92 Å². The van der Waals surface area contributed by atoms with E-state index in [9.17, 15) is 19.2 Å². The van der Waals surface area contributed by atoms with Crippen molar-refractivity contribution in [2.75, 3.05) is 24.7 Å². The van der Waals surface area contributed by atoms with Gasteiger partial charge in [-0.3, -0.25) is 14.4 Å². The van der Waals surface area contributed by atoms with Crippen molar-refractivity contribution >= 4 is 62.5 Å². The molecule has 0 spiro atoms. The van der Waals surface area contributed by atoms with Gasteiger partial charge < -0.3 is 19.2 Å². The zero-order valence-corrected chi connectivity index (χ0v) is 23.6. The van der Waals surface area contributed by atoms with Crippen molar-refractivity contribution < 1.29 is 28.6 Å². The van der Waals surface area contributed by atoms with E-state index in [-0.39, 0.29) is 29.9 Å². The lowest BCUT2D eigenvalue weighted by molar-refractivity contribution is -0.145. The van der Waals surface area contributed by atoms with Gasteiger partial charge in [0.2, 0.25) is 11.8 Å². The number of esters is 1. The molecule has 38 heavy (non-hydrogen) atoms. The van der Waals surface area contributed by atoms with Crippen LogP contribution in [0, 0.1) is 5.92 Å². The summed E-state index contributed by atoms with van der Waals surface area (Å²) in [6.07, 6.45) is 0. The maximum absolute atomic E-state index is 13.8. The molecular formula is C26H23BrN2O7S2. The number of benzene rings is 2. The molecule has 0 saturated carbocycles. The van der Waals surface area contributed by atoms with Crippen molar-refractivity contribution in [2.24, 2.45) is 5.92 Å². The summed E-state index contributed by atoms with van der Waals surface area (Å²) in [5.41, 5.74) is 1.19. The topological polar surface area (TPSA) is 115 Å². The Bertz CT molecular complexity index is 1450. The van der Waals surface area contributed by atoms with E-state index in [1.165, 1.54) is 16.7 Å². The van der Waals surface area contributed by atoms with E-state index in [4.69, 9.17) is 14.2 Å². The molecule has 1 fully saturated rings. The Morgan fingerprint density at radius 2 is 1.76 bits per heavy atom. The van der Waals surface area contributed by atoms with Crippen LogP contribution in [0.15, 0.2) is 56.8 Å². The van der Waals surface area contributed by atoms with Crippen molar-refractivity contribution in [3.63, 3.8) is 0 Å². The van der Waals surface area contributed by atoms with Crippen molar-refractivity contribution in [1.29, 1.82) is 0 Å². The number of thiazole rings is 1. The third kappa shape index (κ3) is 4.87. The summed E-state index contributed by atoms with van der Waals surface area (Å²) >= 11 is 5.64. The number of aromatic nitrogens is 1. The highest BCUT2D eigenvalue weighted by Gasteiger charge is 2.56. The Kier molecular flexibility index (Phi) is 7.64. The zero-order valence-electron chi connectivity index (χ0n) is 20.4. The second kappa shape index (κ2) is 11.0. The molecule has 1 saturated heterocycles. The molecule has 3 unspecified atom stereocenters. The van der Waals surface area contributed by atoms with E-state index in [0.29, 0.717) is 39.3 Å². The van der Waals surface area contributed by atoms with Crippen molar-refractivity contribution in [3.05, 3.63) is 67.0 Å². The van der Waals surface area contributed by atoms with Crippen molar-refractivity contribution in [1.82, 2.24) is 4.98 Å². The van der Waals surface area contributed by atoms with E-state index in [1.54, 1.807) is 49.4 Å². The maximum atomic E-state index is 13.8. The van der Waals surface area contributed by atoms with Crippen LogP contribution < -0.4 is 19.2 Å². The van der Waals surface area contributed by atoms with Gasteiger partial charge in [-0.2, -0.15) is 0 Å². The number of H-pyrrole nitrogens is 1. The second-order valence-electron chi connectivity index (χ2n) is 8.47. The van der Waals surface area contributed by atoms with Crippen LogP contribution in [0.1, 0.15) is 30.2 Å². The molecule has 9 nitrogen and oxygen atoms in total. The molecule has 3 aromatic rings. The molecule has 1 N–H and O–H groups in total. The lowest BCUT2D eigenvalue weighted by atomic mass is 9.83. The fourth-order valence-corrected chi connectivity index (χ4v) is 7.45. The number of anilines is 1. The molecular weight excluding hydrogens is 596 g/mol. The molecule has 198 valence electrons. The zero-order chi connectivity index (χ0) is 27.0. The number of hydrogen-bond acceptors (Lipinski definition) is 9. The summed E-state index contributed by atoms with van der Waals surface area (Å²) in [5, 5.41) is -0.116. The van der Waals surface area contributed by atoms with E-state index in [0.717, 1.165) is 15.8 Å². The highest BCUT2D eigenvalue weighted by molar-refractivity contribution is 9.10. The predicted octanol–water partition coefficient (Wildman–Crippen LogP) is 4.34. The monoisotopic (exact) mass is 618 g/mol. The molecule has 5 rings (SSSR count). The van der Waals surface area contributed by atoms with Gasteiger partial charge in [0.15, 0.2) is 18.1 Å². The summed E-state index contributed by atoms with van der Waals surface area (Å²) < 4.78 is 17.2. The molecule has 0 radical (unpaired) electrons. The lowest BCUT2D eigenvalue weighted by Crippen LogP contribution is -2.32. The molecule has 2 aliphatic heterocycles. The highest BCUT2D eigenvalue weighted by Crippen LogP contribution is 2.53. The number of halogens is 1. The van der Waals surface area contributed by atoms with Crippen LogP contribution in [0.25, 0.3) is 0 Å². The van der Waals surface area contributed by atoms with Gasteiger partial charge in [-0.05, 0) is 55.8 Å². The number of fused-ring (bicyclic) bond motifs is 2. The Labute approximate surface area is 234 Å². The van der Waals surface area contributed by atoms with Gasteiger partial charge in [-0.25, -0.2) is 9.69 Å². The fraction of sp³-hybridized carbons (Fsp3) is 0.308. The minimum Gasteiger partial charge on any atom is -0.490 e. The molecule has 1 aromatic heterocycles. The van der Waals surface area contributed by atoms with Gasteiger partial charge >= 0.3 is 10.8 Å². The molecule has 12 heteroatoms. The second-order valence-corrected chi connectivity index (χ2v) is 11.6. The largest absolute Gasteiger partial charge is 0.490 e. The van der Waals surface area contributed by atoms with Gasteiger partial charge in [-0.15, -0.1) is 0 Å². The number of thioether (sulfide) groups is 1. The first-order valence-electron chi connectivity index (χ1n) is 11.9. The van der Waals surface area contributed by atoms with Crippen molar-refractivity contribution in [2.45, 2.75) is 30.0 Å². The van der Waals surface area contributed by atoms with E-state index in [2.05, 4.69) is 20.9 Å². The van der Waals surface area contributed by atoms with Gasteiger partial charge in [0.05, 0.1) is 29.8 Å². The van der Waals surface area contributed by atoms with E-state index >= 15 is 0 Å². The van der Waals surface area contributed by atoms with Gasteiger partial charge in [0.1, 0.15) is 5.25 Å². The number of amides is 2. The maximum Gasteiger partial charge on any atom is 0.344 e. The number of imide groups is 1. The SMILES string of the molecule is CCOC(=O)COc1ccc(C2c3sc(=O)[nH]c3SC3C(=O)N(c4ccc(Br)cc4)C(=O)C32)cc1OCC. The summed E-state index contributed by atoms with van der Waals surface area (Å²) in [6, 6.07) is 12.2. The first-order valence-corrected chi connectivity index (χ1v) is 14.4. The molecule has 0 aliphatic carbocycles. The minimum absolute atomic E-state index is 0.244. The molecule has 2 aromatic carbocycles. The standard InChI is InChI=1S/C26H23BrN2O7S2/c1-3-34-17-11-13(5-10-16(17)36-12-18(30)35-4-2)19-20-22(37-23-21(19)38-26(33)28-23)25(32)29(24(20)31)15-8-6-14(27)7-9-15/h5-11,19-20,22H,3-4,12H2,1-2H3,(H,28,33). The lowest BCUT2D eigenvalue weighted by Gasteiger charge is -2.30. The predicted molar refractivity (Wildman–Crippen MR) is 146 cm³/mol. The molecule has 2 aliphatic rings. The van der Waals surface area contributed by atoms with Crippen LogP contribution in [-0.2, 0) is 19.1 Å². The number of rotatable bonds is 8. The van der Waals surface area contributed by atoms with Crippen LogP contribution in [0.5, 0.6) is 11.5 Å². The number of aromatic amines is 1. The molecule has 2 amide bonds. The Morgan fingerprint density at radius 3 is 2.47 bits per heavy atom. The highest BCUT2D eigenvalue weighted by atomic mass is 79.9. The third-order valence-electron chi connectivity index (χ3n) is 6.19. The number of nitrogens with zero attached hydrogens (tertiary/aromatic N) is 1. The van der Waals surface area contributed by atoms with Gasteiger partial charge in [-0.1, -0.05) is 45.1 Å². The summed E-state index contributed by atoms with van der Waals surface area (Å²) in [4.78, 5) is 56.0. The Morgan fingerprint density at radius 1 is 1.00 bits per heavy atom. The van der Waals surface area contributed by atoms with E-state index < -0.39 is 23.1 Å². The smallest absolute Gasteiger partial charge is 0.344 e. The number of carbonyl (C=O) groups is 3. The van der Waals surface area contributed by atoms with Gasteiger partial charge in [0.25, 0.3) is 0 Å². The third-order valence-corrected chi connectivity index (χ3v) is 9.12. The number of ether oxygens (including phenoxy) is 3. The minimum atomic E-state index is -0.726. The normalized spacial score (nSPS) is 20.2. The Hall–Kier alpha value is -3.09. The number of hydrogen-bond donors (Lipinski definition) is 1. The Balaban J connectivity index is 1.55. The summed E-state index contributed by atoms with van der Waals surface area (Å²) in [5.74, 6) is -1.71. The number of nitrogens with one attached hydrogen (secondary N) is 1. The van der Waals surface area contributed by atoms with Gasteiger partial charge in [0, 0.05) is 15.3 Å². The molecule has 3 atom stereocenters. The van der Waals surface area contributed by atoms with Crippen LogP contribution in [0.3, 0.4) is 0 Å². The van der Waals surface area contributed by atoms with Crippen LogP contribution in [0.2, 0.25) is 0 Å². The average molecular weight is 620 g/mol.